The van der Waals surface area contributed by atoms with Gasteiger partial charge in [-0.1, -0.05) is 20.8 Å². The van der Waals surface area contributed by atoms with E-state index in [-0.39, 0.29) is 6.04 Å². The number of hydrogen-bond acceptors (Lipinski definition) is 3. The molecule has 2 atom stereocenters. The van der Waals surface area contributed by atoms with Gasteiger partial charge < -0.3 is 15.2 Å². The van der Waals surface area contributed by atoms with Crippen LogP contribution in [0.25, 0.3) is 0 Å². The highest BCUT2D eigenvalue weighted by atomic mass is 16.7. The monoisotopic (exact) mass is 213 g/mol. The summed E-state index contributed by atoms with van der Waals surface area (Å²) in [5, 5.41) is 0. The van der Waals surface area contributed by atoms with Crippen LogP contribution in [0.2, 0.25) is 0 Å². The highest BCUT2D eigenvalue weighted by Gasteiger charge is 2.48. The number of ether oxygens (including phenoxy) is 2. The summed E-state index contributed by atoms with van der Waals surface area (Å²) in [7, 11) is 0. The molecular weight excluding hydrogens is 190 g/mol. The first-order valence-electron chi connectivity index (χ1n) is 5.97. The second-order valence-electron chi connectivity index (χ2n) is 5.95. The molecule has 1 saturated heterocycles. The number of hydrogen-bond donors (Lipinski definition) is 1. The van der Waals surface area contributed by atoms with Gasteiger partial charge in [-0.25, -0.2) is 0 Å². The Hall–Kier alpha value is -0.120. The molecule has 0 unspecified atom stereocenters. The quantitative estimate of drug-likeness (QED) is 0.668. The maximum absolute atomic E-state index is 6.21. The maximum atomic E-state index is 6.21. The van der Waals surface area contributed by atoms with Gasteiger partial charge in [-0.3, -0.25) is 0 Å². The maximum Gasteiger partial charge on any atom is 0.183 e. The van der Waals surface area contributed by atoms with Crippen molar-refractivity contribution in [2.75, 3.05) is 13.2 Å². The lowest BCUT2D eigenvalue weighted by Gasteiger charge is -2.44. The minimum absolute atomic E-state index is 0.0398. The molecule has 0 aromatic heterocycles. The van der Waals surface area contributed by atoms with E-state index in [0.717, 1.165) is 19.3 Å². The van der Waals surface area contributed by atoms with Crippen LogP contribution < -0.4 is 5.73 Å². The summed E-state index contributed by atoms with van der Waals surface area (Å²) < 4.78 is 11.4. The van der Waals surface area contributed by atoms with E-state index in [0.29, 0.717) is 24.5 Å². The molecule has 0 aromatic carbocycles. The van der Waals surface area contributed by atoms with Gasteiger partial charge in [0.25, 0.3) is 0 Å². The summed E-state index contributed by atoms with van der Waals surface area (Å²) in [4.78, 5) is 0. The van der Waals surface area contributed by atoms with E-state index in [1.54, 1.807) is 0 Å². The van der Waals surface area contributed by atoms with Gasteiger partial charge in [0, 0.05) is 6.42 Å². The standard InChI is InChI=1S/C12H23NO2/c1-11(2,3)9-4-5-12(10(13)8-9)14-6-7-15-12/h9-10H,4-8,13H2,1-3H3/t9-,10+/m0/s1. The summed E-state index contributed by atoms with van der Waals surface area (Å²) in [6.07, 6.45) is 3.14. The third-order valence-corrected chi connectivity index (χ3v) is 3.95. The molecule has 2 rings (SSSR count). The fraction of sp³-hybridized carbons (Fsp3) is 1.00. The lowest BCUT2D eigenvalue weighted by Crippen LogP contribution is -2.54. The molecule has 0 aromatic rings. The van der Waals surface area contributed by atoms with Crippen LogP contribution in [0.3, 0.4) is 0 Å². The molecule has 3 heteroatoms. The molecule has 3 nitrogen and oxygen atoms in total. The van der Waals surface area contributed by atoms with Gasteiger partial charge in [0.05, 0.1) is 19.3 Å². The van der Waals surface area contributed by atoms with Crippen LogP contribution in [0.15, 0.2) is 0 Å². The normalized spacial score (nSPS) is 36.0. The van der Waals surface area contributed by atoms with Gasteiger partial charge in [0.2, 0.25) is 0 Å². The van der Waals surface area contributed by atoms with Crippen molar-refractivity contribution in [1.29, 1.82) is 0 Å². The zero-order valence-electron chi connectivity index (χ0n) is 10.1. The fourth-order valence-electron chi connectivity index (χ4n) is 2.78. The van der Waals surface area contributed by atoms with Crippen molar-refractivity contribution in [3.05, 3.63) is 0 Å². The molecule has 1 spiro atoms. The second-order valence-corrected chi connectivity index (χ2v) is 5.95. The predicted molar refractivity (Wildman–Crippen MR) is 59.4 cm³/mol. The van der Waals surface area contributed by atoms with Crippen molar-refractivity contribution in [3.63, 3.8) is 0 Å². The molecule has 1 aliphatic heterocycles. The van der Waals surface area contributed by atoms with Crippen molar-refractivity contribution in [1.82, 2.24) is 0 Å². The van der Waals surface area contributed by atoms with Gasteiger partial charge in [0.1, 0.15) is 0 Å². The topological polar surface area (TPSA) is 44.5 Å². The van der Waals surface area contributed by atoms with Gasteiger partial charge in [-0.15, -0.1) is 0 Å². The Bertz CT molecular complexity index is 228. The summed E-state index contributed by atoms with van der Waals surface area (Å²) >= 11 is 0. The highest BCUT2D eigenvalue weighted by molar-refractivity contribution is 4.95. The molecular formula is C12H23NO2. The van der Waals surface area contributed by atoms with Crippen LogP contribution in [-0.4, -0.2) is 25.0 Å². The molecule has 0 amide bonds. The van der Waals surface area contributed by atoms with E-state index in [9.17, 15) is 0 Å². The van der Waals surface area contributed by atoms with E-state index in [4.69, 9.17) is 15.2 Å². The van der Waals surface area contributed by atoms with Gasteiger partial charge in [0.15, 0.2) is 5.79 Å². The van der Waals surface area contributed by atoms with Crippen LogP contribution in [0.1, 0.15) is 40.0 Å². The largest absolute Gasteiger partial charge is 0.346 e. The van der Waals surface area contributed by atoms with Gasteiger partial charge in [-0.2, -0.15) is 0 Å². The molecule has 88 valence electrons. The molecule has 1 aliphatic carbocycles. The molecule has 0 bridgehead atoms. The predicted octanol–water partition coefficient (Wildman–Crippen LogP) is 1.90. The molecule has 15 heavy (non-hydrogen) atoms. The first-order chi connectivity index (χ1) is 6.94. The highest BCUT2D eigenvalue weighted by Crippen LogP contribution is 2.43. The summed E-state index contributed by atoms with van der Waals surface area (Å²) in [5.74, 6) is 0.243. The summed E-state index contributed by atoms with van der Waals surface area (Å²) in [6.45, 7) is 8.28. The average molecular weight is 213 g/mol. The first kappa shape index (κ1) is 11.4. The first-order valence-corrected chi connectivity index (χ1v) is 5.97. The summed E-state index contributed by atoms with van der Waals surface area (Å²) in [6, 6.07) is 0.0398. The van der Waals surface area contributed by atoms with Crippen molar-refractivity contribution < 1.29 is 9.47 Å². The fourth-order valence-corrected chi connectivity index (χ4v) is 2.78. The Labute approximate surface area is 92.3 Å². The zero-order valence-corrected chi connectivity index (χ0v) is 10.1. The molecule has 1 heterocycles. The molecule has 2 aliphatic rings. The third-order valence-electron chi connectivity index (χ3n) is 3.95. The van der Waals surface area contributed by atoms with E-state index in [1.807, 2.05) is 0 Å². The molecule has 0 radical (unpaired) electrons. The minimum atomic E-state index is -0.443. The molecule has 2 N–H and O–H groups in total. The zero-order chi connectivity index (χ0) is 11.1. The Balaban J connectivity index is 2.03. The van der Waals surface area contributed by atoms with Crippen LogP contribution >= 0.6 is 0 Å². The van der Waals surface area contributed by atoms with E-state index < -0.39 is 5.79 Å². The van der Waals surface area contributed by atoms with Crippen LogP contribution in [0, 0.1) is 11.3 Å². The average Bonchev–Trinajstić information content (AvgIpc) is 2.58. The number of rotatable bonds is 0. The van der Waals surface area contributed by atoms with Crippen LogP contribution in [-0.2, 0) is 9.47 Å². The SMILES string of the molecule is CC(C)(C)[C@H]1CCC2(OCCO2)[C@H](N)C1. The minimum Gasteiger partial charge on any atom is -0.346 e. The van der Waals surface area contributed by atoms with Crippen molar-refractivity contribution >= 4 is 0 Å². The van der Waals surface area contributed by atoms with Crippen molar-refractivity contribution in [2.24, 2.45) is 17.1 Å². The Morgan fingerprint density at radius 1 is 1.20 bits per heavy atom. The van der Waals surface area contributed by atoms with E-state index in [1.165, 1.54) is 0 Å². The number of nitrogens with two attached hydrogens (primary N) is 1. The van der Waals surface area contributed by atoms with E-state index in [2.05, 4.69) is 20.8 Å². The van der Waals surface area contributed by atoms with Crippen LogP contribution in [0.5, 0.6) is 0 Å². The second kappa shape index (κ2) is 3.72. The van der Waals surface area contributed by atoms with Crippen molar-refractivity contribution in [3.8, 4) is 0 Å². The lowest BCUT2D eigenvalue weighted by atomic mass is 9.69. The third kappa shape index (κ3) is 2.05. The van der Waals surface area contributed by atoms with Gasteiger partial charge >= 0.3 is 0 Å². The Kier molecular flexibility index (Phi) is 2.82. The van der Waals surface area contributed by atoms with Crippen molar-refractivity contribution in [2.45, 2.75) is 51.9 Å². The van der Waals surface area contributed by atoms with E-state index >= 15 is 0 Å². The summed E-state index contributed by atoms with van der Waals surface area (Å²) in [5.41, 5.74) is 6.56. The van der Waals surface area contributed by atoms with Crippen LogP contribution in [0.4, 0.5) is 0 Å². The lowest BCUT2D eigenvalue weighted by molar-refractivity contribution is -0.198. The molecule has 2 fully saturated rings. The smallest absolute Gasteiger partial charge is 0.183 e. The van der Waals surface area contributed by atoms with Gasteiger partial charge in [-0.05, 0) is 24.2 Å². The Morgan fingerprint density at radius 2 is 1.80 bits per heavy atom. The molecule has 1 saturated carbocycles. The Morgan fingerprint density at radius 3 is 2.27 bits per heavy atom.